The third kappa shape index (κ3) is 2.99. The van der Waals surface area contributed by atoms with E-state index in [-0.39, 0.29) is 17.1 Å². The zero-order chi connectivity index (χ0) is 18.5. The number of hydrogen-bond acceptors (Lipinski definition) is 3. The second kappa shape index (κ2) is 6.38. The number of rotatable bonds is 3. The van der Waals surface area contributed by atoms with Crippen LogP contribution < -0.4 is 5.46 Å². The van der Waals surface area contributed by atoms with Gasteiger partial charge in [0.2, 0.25) is 0 Å². The molecule has 2 aliphatic heterocycles. The van der Waals surface area contributed by atoms with Crippen molar-refractivity contribution in [2.24, 2.45) is 5.92 Å². The summed E-state index contributed by atoms with van der Waals surface area (Å²) in [6.45, 7) is 9.84. The van der Waals surface area contributed by atoms with Crippen molar-refractivity contribution in [3.8, 4) is 0 Å². The fraction of sp³-hybridized carbons (Fsp3) is 0.667. The Labute approximate surface area is 157 Å². The largest absolute Gasteiger partial charge is 0.495 e. The highest BCUT2D eigenvalue weighted by molar-refractivity contribution is 6.62. The third-order valence-corrected chi connectivity index (χ3v) is 6.79. The van der Waals surface area contributed by atoms with Crippen molar-refractivity contribution in [1.82, 2.24) is 4.90 Å². The summed E-state index contributed by atoms with van der Waals surface area (Å²) in [5.74, 6) is 0.825. The lowest BCUT2D eigenvalue weighted by Gasteiger charge is -2.32. The topological polar surface area (TPSA) is 38.8 Å². The molecule has 1 aromatic carbocycles. The number of nitrogens with zero attached hydrogens (tertiary/aromatic N) is 1. The van der Waals surface area contributed by atoms with Crippen LogP contribution in [0.3, 0.4) is 0 Å². The van der Waals surface area contributed by atoms with E-state index in [9.17, 15) is 4.79 Å². The summed E-state index contributed by atoms with van der Waals surface area (Å²) in [4.78, 5) is 15.0. The quantitative estimate of drug-likeness (QED) is 0.779. The molecule has 3 aliphatic rings. The van der Waals surface area contributed by atoms with Crippen molar-refractivity contribution < 1.29 is 14.1 Å². The van der Waals surface area contributed by atoms with Gasteiger partial charge in [-0.25, -0.2) is 0 Å². The predicted molar refractivity (Wildman–Crippen MR) is 103 cm³/mol. The van der Waals surface area contributed by atoms with Gasteiger partial charge in [-0.1, -0.05) is 31.4 Å². The molecule has 5 heteroatoms. The number of fused-ring (bicyclic) bond motifs is 1. The van der Waals surface area contributed by atoms with Gasteiger partial charge in [0.05, 0.1) is 11.2 Å². The monoisotopic (exact) mass is 355 g/mol. The average molecular weight is 355 g/mol. The van der Waals surface area contributed by atoms with Gasteiger partial charge in [0.1, 0.15) is 0 Å². The molecule has 1 saturated heterocycles. The van der Waals surface area contributed by atoms with Gasteiger partial charge in [-0.15, -0.1) is 0 Å². The number of carbonyl (C=O) groups excluding carboxylic acids is 1. The summed E-state index contributed by atoms with van der Waals surface area (Å²) >= 11 is 0. The van der Waals surface area contributed by atoms with Crippen LogP contribution in [0.5, 0.6) is 0 Å². The van der Waals surface area contributed by atoms with Crippen molar-refractivity contribution in [1.29, 1.82) is 0 Å². The molecule has 1 aromatic rings. The van der Waals surface area contributed by atoms with Gasteiger partial charge < -0.3 is 14.2 Å². The van der Waals surface area contributed by atoms with Crippen LogP contribution in [0, 0.1) is 5.92 Å². The van der Waals surface area contributed by atoms with Crippen LogP contribution in [0.1, 0.15) is 75.7 Å². The molecule has 4 rings (SSSR count). The van der Waals surface area contributed by atoms with Gasteiger partial charge in [0.15, 0.2) is 0 Å². The zero-order valence-electron chi connectivity index (χ0n) is 16.5. The van der Waals surface area contributed by atoms with E-state index in [1.54, 1.807) is 0 Å². The lowest BCUT2D eigenvalue weighted by Crippen LogP contribution is -2.41. The van der Waals surface area contributed by atoms with Gasteiger partial charge in [-0.05, 0) is 63.5 Å². The Morgan fingerprint density at radius 3 is 2.38 bits per heavy atom. The van der Waals surface area contributed by atoms with Crippen LogP contribution in [0.25, 0.3) is 0 Å². The van der Waals surface area contributed by atoms with Gasteiger partial charge >= 0.3 is 7.12 Å². The maximum Gasteiger partial charge on any atom is 0.495 e. The highest BCUT2D eigenvalue weighted by Gasteiger charge is 2.52. The summed E-state index contributed by atoms with van der Waals surface area (Å²) in [5, 5.41) is 0. The van der Waals surface area contributed by atoms with Crippen molar-refractivity contribution in [3.63, 3.8) is 0 Å². The number of amides is 1. The molecular weight excluding hydrogens is 325 g/mol. The molecule has 0 unspecified atom stereocenters. The highest BCUT2D eigenvalue weighted by atomic mass is 16.7. The van der Waals surface area contributed by atoms with Crippen molar-refractivity contribution in [2.75, 3.05) is 6.54 Å². The zero-order valence-corrected chi connectivity index (χ0v) is 16.5. The maximum absolute atomic E-state index is 12.9. The third-order valence-electron chi connectivity index (χ3n) is 6.79. The molecule has 26 heavy (non-hydrogen) atoms. The molecule has 0 N–H and O–H groups in total. The average Bonchev–Trinajstić information content (AvgIpc) is 3.02. The molecule has 0 radical (unpaired) electrons. The number of benzene rings is 1. The van der Waals surface area contributed by atoms with E-state index in [4.69, 9.17) is 9.31 Å². The smallest absolute Gasteiger partial charge is 0.399 e. The molecule has 1 aliphatic carbocycles. The molecule has 0 spiro atoms. The van der Waals surface area contributed by atoms with Crippen molar-refractivity contribution in [3.05, 3.63) is 29.3 Å². The molecule has 1 saturated carbocycles. The normalized spacial score (nSPS) is 25.0. The number of carbonyl (C=O) groups is 1. The van der Waals surface area contributed by atoms with Crippen LogP contribution in [-0.4, -0.2) is 35.7 Å². The Kier molecular flexibility index (Phi) is 4.43. The van der Waals surface area contributed by atoms with Crippen molar-refractivity contribution in [2.45, 2.75) is 77.5 Å². The van der Waals surface area contributed by atoms with E-state index in [1.165, 1.54) is 32.1 Å². The summed E-state index contributed by atoms with van der Waals surface area (Å²) in [6, 6.07) is 5.97. The minimum atomic E-state index is -0.405. The molecule has 0 aromatic heterocycles. The van der Waals surface area contributed by atoms with E-state index in [2.05, 4.69) is 33.8 Å². The minimum absolute atomic E-state index is 0.170. The molecule has 140 valence electrons. The van der Waals surface area contributed by atoms with Crippen LogP contribution in [-0.2, 0) is 15.9 Å². The van der Waals surface area contributed by atoms with Gasteiger partial charge in [0, 0.05) is 18.7 Å². The molecular formula is C21H30BNO3. The predicted octanol–water partition coefficient (Wildman–Crippen LogP) is 3.52. The van der Waals surface area contributed by atoms with Gasteiger partial charge in [0.25, 0.3) is 5.91 Å². The molecule has 0 atom stereocenters. The summed E-state index contributed by atoms with van der Waals surface area (Å²) in [7, 11) is -0.405. The van der Waals surface area contributed by atoms with Gasteiger partial charge in [-0.2, -0.15) is 0 Å². The molecule has 4 nitrogen and oxygen atoms in total. The molecule has 1 amide bonds. The van der Waals surface area contributed by atoms with Crippen LogP contribution in [0.2, 0.25) is 0 Å². The molecule has 0 bridgehead atoms. The van der Waals surface area contributed by atoms with Crippen molar-refractivity contribution >= 4 is 18.5 Å². The Balaban J connectivity index is 1.56. The van der Waals surface area contributed by atoms with Crippen LogP contribution in [0.15, 0.2) is 18.2 Å². The Bertz CT molecular complexity index is 693. The first-order chi connectivity index (χ1) is 12.3. The fourth-order valence-corrected chi connectivity index (χ4v) is 4.43. The van der Waals surface area contributed by atoms with E-state index in [0.29, 0.717) is 12.5 Å². The minimum Gasteiger partial charge on any atom is -0.399 e. The lowest BCUT2D eigenvalue weighted by molar-refractivity contribution is 0.00578. The first-order valence-corrected chi connectivity index (χ1v) is 10.1. The highest BCUT2D eigenvalue weighted by Crippen LogP contribution is 2.37. The van der Waals surface area contributed by atoms with E-state index in [1.807, 2.05) is 17.0 Å². The summed E-state index contributed by atoms with van der Waals surface area (Å²) < 4.78 is 12.5. The Morgan fingerprint density at radius 1 is 1.08 bits per heavy atom. The maximum atomic E-state index is 12.9. The van der Waals surface area contributed by atoms with E-state index >= 15 is 0 Å². The second-order valence-corrected chi connectivity index (χ2v) is 9.15. The Morgan fingerprint density at radius 2 is 1.73 bits per heavy atom. The fourth-order valence-electron chi connectivity index (χ4n) is 4.43. The standard InChI is InChI=1S/C21H30BNO3/c1-20(2)21(3,4)26-22(25-20)18-12-8-11-16-17(18)14-23(19(16)24)13-15-9-6-5-7-10-15/h8,11-12,15H,5-7,9-10,13-14H2,1-4H3. The lowest BCUT2D eigenvalue weighted by atomic mass is 9.75. The second-order valence-electron chi connectivity index (χ2n) is 9.15. The van der Waals surface area contributed by atoms with Crippen LogP contribution >= 0.6 is 0 Å². The summed E-state index contributed by atoms with van der Waals surface area (Å²) in [5.41, 5.74) is 2.19. The molecule has 2 heterocycles. The first-order valence-electron chi connectivity index (χ1n) is 10.1. The van der Waals surface area contributed by atoms with E-state index in [0.717, 1.165) is 23.1 Å². The SMILES string of the molecule is CC1(C)OB(c2cccc3c2CN(CC2CCCCC2)C3=O)OC1(C)C. The van der Waals surface area contributed by atoms with Gasteiger partial charge in [-0.3, -0.25) is 4.79 Å². The summed E-state index contributed by atoms with van der Waals surface area (Å²) in [6.07, 6.45) is 6.46. The molecule has 2 fully saturated rings. The number of hydrogen-bond donors (Lipinski definition) is 0. The Hall–Kier alpha value is -1.33. The van der Waals surface area contributed by atoms with E-state index < -0.39 is 7.12 Å². The first kappa shape index (κ1) is 18.1. The van der Waals surface area contributed by atoms with Crippen LogP contribution in [0.4, 0.5) is 0 Å².